The van der Waals surface area contributed by atoms with E-state index >= 15 is 0 Å². The van der Waals surface area contributed by atoms with Crippen LogP contribution in [0.3, 0.4) is 0 Å². The zero-order valence-electron chi connectivity index (χ0n) is 15.0. The fourth-order valence-electron chi connectivity index (χ4n) is 3.76. The van der Waals surface area contributed by atoms with Gasteiger partial charge in [0.2, 0.25) is 0 Å². The number of allylic oxidation sites excluding steroid dienone is 1. The topological polar surface area (TPSA) is 32.3 Å². The lowest BCUT2D eigenvalue weighted by molar-refractivity contribution is 0.290. The zero-order valence-corrected chi connectivity index (χ0v) is 16.5. The molecule has 0 aromatic heterocycles. The van der Waals surface area contributed by atoms with Gasteiger partial charge in [-0.3, -0.25) is 0 Å². The van der Waals surface area contributed by atoms with Gasteiger partial charge in [-0.05, 0) is 73.2 Å². The summed E-state index contributed by atoms with van der Waals surface area (Å²) in [6.45, 7) is 0.238. The fourth-order valence-corrected chi connectivity index (χ4v) is 4.07. The average molecular weight is 390 g/mol. The minimum Gasteiger partial charge on any atom is -0.396 e. The SMILES string of the molecule is CN[C@H]1CC[C@@H](c2ccc(Cl)c(Cl)c2)c2ccc(/C=C/CCCO)cc21. The van der Waals surface area contributed by atoms with Gasteiger partial charge in [0.05, 0.1) is 10.0 Å². The zero-order chi connectivity index (χ0) is 18.5. The van der Waals surface area contributed by atoms with Crippen molar-refractivity contribution in [2.45, 2.75) is 37.6 Å². The molecule has 0 amide bonds. The van der Waals surface area contributed by atoms with Gasteiger partial charge in [0.1, 0.15) is 0 Å². The molecule has 4 heteroatoms. The van der Waals surface area contributed by atoms with Crippen LogP contribution >= 0.6 is 23.2 Å². The van der Waals surface area contributed by atoms with Crippen LogP contribution in [0.1, 0.15) is 59.9 Å². The van der Waals surface area contributed by atoms with Crippen molar-refractivity contribution in [3.05, 3.63) is 74.8 Å². The quantitative estimate of drug-likeness (QED) is 0.596. The summed E-state index contributed by atoms with van der Waals surface area (Å²) in [4.78, 5) is 0. The lowest BCUT2D eigenvalue weighted by Crippen LogP contribution is -2.24. The predicted octanol–water partition coefficient (Wildman–Crippen LogP) is 5.97. The normalized spacial score (nSPS) is 19.7. The number of aliphatic hydroxyl groups is 1. The maximum absolute atomic E-state index is 8.90. The van der Waals surface area contributed by atoms with Crippen LogP contribution in [0.4, 0.5) is 0 Å². The van der Waals surface area contributed by atoms with E-state index in [0.717, 1.165) is 25.7 Å². The largest absolute Gasteiger partial charge is 0.396 e. The number of hydrogen-bond acceptors (Lipinski definition) is 2. The summed E-state index contributed by atoms with van der Waals surface area (Å²) >= 11 is 12.3. The highest BCUT2D eigenvalue weighted by molar-refractivity contribution is 6.42. The molecule has 138 valence electrons. The summed E-state index contributed by atoms with van der Waals surface area (Å²) in [5.41, 5.74) is 5.15. The fraction of sp³-hybridized carbons (Fsp3) is 0.364. The molecule has 0 radical (unpaired) electrons. The van der Waals surface area contributed by atoms with E-state index in [0.29, 0.717) is 22.0 Å². The summed E-state index contributed by atoms with van der Waals surface area (Å²) in [6.07, 6.45) is 8.15. The van der Waals surface area contributed by atoms with E-state index in [4.69, 9.17) is 28.3 Å². The first-order chi connectivity index (χ1) is 12.6. The lowest BCUT2D eigenvalue weighted by Gasteiger charge is -2.32. The van der Waals surface area contributed by atoms with Crippen molar-refractivity contribution >= 4 is 29.3 Å². The highest BCUT2D eigenvalue weighted by Gasteiger charge is 2.27. The van der Waals surface area contributed by atoms with Gasteiger partial charge < -0.3 is 10.4 Å². The summed E-state index contributed by atoms with van der Waals surface area (Å²) in [5.74, 6) is 0.344. The van der Waals surface area contributed by atoms with E-state index < -0.39 is 0 Å². The van der Waals surface area contributed by atoms with E-state index in [1.807, 2.05) is 19.2 Å². The third-order valence-electron chi connectivity index (χ3n) is 5.14. The molecule has 2 N–H and O–H groups in total. The number of rotatable bonds is 6. The Morgan fingerprint density at radius 1 is 1.08 bits per heavy atom. The number of halogens is 2. The molecule has 0 spiro atoms. The van der Waals surface area contributed by atoms with Gasteiger partial charge in [-0.1, -0.05) is 53.6 Å². The molecule has 0 saturated carbocycles. The smallest absolute Gasteiger partial charge is 0.0595 e. The third kappa shape index (κ3) is 4.32. The van der Waals surface area contributed by atoms with Crippen LogP contribution in [0.2, 0.25) is 10.0 Å². The molecule has 3 rings (SSSR count). The predicted molar refractivity (Wildman–Crippen MR) is 111 cm³/mol. The number of benzene rings is 2. The third-order valence-corrected chi connectivity index (χ3v) is 5.88. The Balaban J connectivity index is 1.93. The summed E-state index contributed by atoms with van der Waals surface area (Å²) in [6, 6.07) is 13.1. The molecule has 0 heterocycles. The van der Waals surface area contributed by atoms with E-state index in [9.17, 15) is 0 Å². The highest BCUT2D eigenvalue weighted by Crippen LogP contribution is 2.42. The summed E-state index contributed by atoms with van der Waals surface area (Å²) < 4.78 is 0. The van der Waals surface area contributed by atoms with Crippen LogP contribution in [-0.4, -0.2) is 18.8 Å². The standard InChI is InChI=1S/C22H25Cl2NO/c1-25-22-11-9-17(16-7-10-20(23)21(24)14-16)18-8-6-15(13-19(18)22)5-3-2-4-12-26/h3,5-8,10,13-14,17,22,25-26H,2,4,9,11-12H2,1H3/b5-3+/t17-,22-/m0/s1. The van der Waals surface area contributed by atoms with Gasteiger partial charge in [-0.15, -0.1) is 0 Å². The molecule has 0 fully saturated rings. The number of hydrogen-bond donors (Lipinski definition) is 2. The molecule has 26 heavy (non-hydrogen) atoms. The Bertz CT molecular complexity index is 788. The minimum absolute atomic E-state index is 0.238. The molecule has 0 bridgehead atoms. The number of nitrogens with one attached hydrogen (secondary N) is 1. The number of unbranched alkanes of at least 4 members (excludes halogenated alkanes) is 1. The second-order valence-electron chi connectivity index (χ2n) is 6.80. The van der Waals surface area contributed by atoms with Crippen LogP contribution < -0.4 is 5.32 Å². The number of aliphatic hydroxyl groups excluding tert-OH is 1. The second kappa shape index (κ2) is 9.05. The van der Waals surface area contributed by atoms with E-state index in [-0.39, 0.29) is 6.61 Å². The van der Waals surface area contributed by atoms with E-state index in [1.54, 1.807) is 0 Å². The van der Waals surface area contributed by atoms with Crippen molar-refractivity contribution in [2.24, 2.45) is 0 Å². The van der Waals surface area contributed by atoms with Gasteiger partial charge in [-0.25, -0.2) is 0 Å². The van der Waals surface area contributed by atoms with Crippen LogP contribution in [0, 0.1) is 0 Å². The first-order valence-electron chi connectivity index (χ1n) is 9.17. The highest BCUT2D eigenvalue weighted by atomic mass is 35.5. The van der Waals surface area contributed by atoms with E-state index in [1.165, 1.54) is 22.3 Å². The molecule has 1 aliphatic rings. The second-order valence-corrected chi connectivity index (χ2v) is 7.62. The summed E-state index contributed by atoms with van der Waals surface area (Å²) in [5, 5.41) is 13.6. The Labute approximate surface area is 165 Å². The molecule has 2 aromatic carbocycles. The molecule has 0 unspecified atom stereocenters. The molecule has 2 aromatic rings. The lowest BCUT2D eigenvalue weighted by atomic mass is 9.76. The molecule has 1 aliphatic carbocycles. The monoisotopic (exact) mass is 389 g/mol. The average Bonchev–Trinajstić information content (AvgIpc) is 2.66. The van der Waals surface area contributed by atoms with Gasteiger partial charge in [0.15, 0.2) is 0 Å². The van der Waals surface area contributed by atoms with Crippen molar-refractivity contribution in [3.63, 3.8) is 0 Å². The van der Waals surface area contributed by atoms with Crippen molar-refractivity contribution in [2.75, 3.05) is 13.7 Å². The maximum atomic E-state index is 8.90. The Hall–Kier alpha value is -1.32. The Morgan fingerprint density at radius 3 is 2.65 bits per heavy atom. The molecule has 0 saturated heterocycles. The molecule has 2 atom stereocenters. The van der Waals surface area contributed by atoms with Crippen LogP contribution in [0.25, 0.3) is 6.08 Å². The van der Waals surface area contributed by atoms with Crippen molar-refractivity contribution in [1.82, 2.24) is 5.32 Å². The van der Waals surface area contributed by atoms with Gasteiger partial charge in [0, 0.05) is 18.6 Å². The Kier molecular flexibility index (Phi) is 6.77. The van der Waals surface area contributed by atoms with Gasteiger partial charge >= 0.3 is 0 Å². The first kappa shape index (κ1) is 19.4. The summed E-state index contributed by atoms with van der Waals surface area (Å²) in [7, 11) is 2.03. The van der Waals surface area contributed by atoms with Crippen molar-refractivity contribution in [3.8, 4) is 0 Å². The van der Waals surface area contributed by atoms with Crippen LogP contribution in [-0.2, 0) is 0 Å². The van der Waals surface area contributed by atoms with Gasteiger partial charge in [0.25, 0.3) is 0 Å². The molecule has 0 aliphatic heterocycles. The Morgan fingerprint density at radius 2 is 1.92 bits per heavy atom. The molecular formula is C22H25Cl2NO. The maximum Gasteiger partial charge on any atom is 0.0595 e. The van der Waals surface area contributed by atoms with Crippen molar-refractivity contribution < 1.29 is 5.11 Å². The first-order valence-corrected chi connectivity index (χ1v) is 9.93. The van der Waals surface area contributed by atoms with Crippen molar-refractivity contribution in [1.29, 1.82) is 0 Å². The minimum atomic E-state index is 0.238. The van der Waals surface area contributed by atoms with E-state index in [2.05, 4.69) is 41.7 Å². The molecular weight excluding hydrogens is 365 g/mol. The van der Waals surface area contributed by atoms with Crippen LogP contribution in [0.5, 0.6) is 0 Å². The van der Waals surface area contributed by atoms with Gasteiger partial charge in [-0.2, -0.15) is 0 Å². The van der Waals surface area contributed by atoms with Crippen LogP contribution in [0.15, 0.2) is 42.5 Å². The number of fused-ring (bicyclic) bond motifs is 1. The molecule has 2 nitrogen and oxygen atoms in total.